The molecule has 6 heteroatoms. The third-order valence-electron chi connectivity index (χ3n) is 1.19. The number of aromatic nitrogens is 4. The zero-order valence-electron chi connectivity index (χ0n) is 6.45. The summed E-state index contributed by atoms with van der Waals surface area (Å²) in [5.41, 5.74) is 6.71. The quantitative estimate of drug-likeness (QED) is 0.602. The van der Waals surface area contributed by atoms with E-state index in [0.29, 0.717) is 12.8 Å². The van der Waals surface area contributed by atoms with Crippen LogP contribution in [0.4, 0.5) is 10.3 Å². The molecule has 0 aromatic carbocycles. The summed E-state index contributed by atoms with van der Waals surface area (Å²) in [6.45, 7) is 0. The molecule has 2 aromatic heterocycles. The zero-order valence-corrected chi connectivity index (χ0v) is 6.45. The van der Waals surface area contributed by atoms with Crippen LogP contribution in [0.15, 0.2) is 12.5 Å². The predicted octanol–water partition coefficient (Wildman–Crippen LogP) is 0.521. The van der Waals surface area contributed by atoms with Gasteiger partial charge in [0, 0.05) is 0 Å². The highest BCUT2D eigenvalue weighted by molar-refractivity contribution is 5.69. The Morgan fingerprint density at radius 3 is 2.92 bits per heavy atom. The number of rotatable bonds is 0. The molecule has 12 heavy (non-hydrogen) atoms. The molecule has 0 aliphatic rings. The molecular weight excluding hydrogens is 161 g/mol. The van der Waals surface area contributed by atoms with Gasteiger partial charge in [-0.05, 0) is 0 Å². The maximum atomic E-state index is 9.50. The fraction of sp³-hybridized carbons (Fsp3) is 0.167. The molecule has 0 spiro atoms. The molecule has 0 aliphatic heterocycles. The van der Waals surface area contributed by atoms with E-state index in [0.717, 1.165) is 5.52 Å². The number of nitrogens with two attached hydrogens (primary N) is 1. The first-order valence-electron chi connectivity index (χ1n) is 3.15. The molecule has 5 nitrogen and oxygen atoms in total. The van der Waals surface area contributed by atoms with Crippen LogP contribution in [0.2, 0.25) is 0 Å². The number of hydrogen-bond donors (Lipinski definition) is 2. The third kappa shape index (κ3) is 1.47. The minimum Gasteiger partial charge on any atom is -0.368 e. The number of hydrogen-bond acceptors (Lipinski definition) is 4. The zero-order chi connectivity index (χ0) is 8.97. The lowest BCUT2D eigenvalue weighted by atomic mass is 10.6. The van der Waals surface area contributed by atoms with Crippen molar-refractivity contribution in [2.45, 2.75) is 0 Å². The highest BCUT2D eigenvalue weighted by Gasteiger charge is 1.95. The Labute approximate surface area is 67.9 Å². The summed E-state index contributed by atoms with van der Waals surface area (Å²) in [7, 11) is 0.500. The third-order valence-corrected chi connectivity index (χ3v) is 1.19. The largest absolute Gasteiger partial charge is 0.368 e. The summed E-state index contributed by atoms with van der Waals surface area (Å²) in [5, 5.41) is 0. The van der Waals surface area contributed by atoms with Crippen LogP contribution in [0.25, 0.3) is 11.2 Å². The van der Waals surface area contributed by atoms with Crippen LogP contribution in [0.3, 0.4) is 0 Å². The molecule has 3 N–H and O–H groups in total. The number of fused-ring (bicyclic) bond motifs is 1. The number of halogens is 1. The van der Waals surface area contributed by atoms with E-state index in [9.17, 15) is 4.39 Å². The molecule has 0 unspecified atom stereocenters. The topological polar surface area (TPSA) is 80.5 Å². The second-order valence-electron chi connectivity index (χ2n) is 1.87. The summed E-state index contributed by atoms with van der Waals surface area (Å²) in [6, 6.07) is 0. The number of nitrogens with one attached hydrogen (secondary N) is 1. The molecule has 2 aromatic rings. The maximum absolute atomic E-state index is 9.50. The number of aromatic amines is 1. The summed E-state index contributed by atoms with van der Waals surface area (Å²) in [4.78, 5) is 14.4. The molecule has 0 fully saturated rings. The first-order valence-corrected chi connectivity index (χ1v) is 3.15. The van der Waals surface area contributed by atoms with Gasteiger partial charge in [0.2, 0.25) is 5.95 Å². The van der Waals surface area contributed by atoms with Gasteiger partial charge < -0.3 is 10.7 Å². The van der Waals surface area contributed by atoms with Crippen LogP contribution in [-0.2, 0) is 0 Å². The lowest BCUT2D eigenvalue weighted by Gasteiger charge is -1.87. The Morgan fingerprint density at radius 2 is 2.17 bits per heavy atom. The standard InChI is InChI=1S/C5H5N5.CH3F/c6-5-7-1-3-4(10-5)9-2-8-3;1-2/h1-2H,(H3,6,7,8,9,10);1H3. The Balaban J connectivity index is 0.000000336. The molecule has 0 radical (unpaired) electrons. The van der Waals surface area contributed by atoms with E-state index in [2.05, 4.69) is 19.9 Å². The minimum absolute atomic E-state index is 0.250. The van der Waals surface area contributed by atoms with Gasteiger partial charge in [0.25, 0.3) is 0 Å². The van der Waals surface area contributed by atoms with Crippen LogP contribution in [0, 0.1) is 0 Å². The van der Waals surface area contributed by atoms with Gasteiger partial charge in [0.1, 0.15) is 5.52 Å². The molecule has 64 valence electrons. The van der Waals surface area contributed by atoms with Gasteiger partial charge in [0.05, 0.1) is 19.7 Å². The van der Waals surface area contributed by atoms with Crippen LogP contribution < -0.4 is 5.73 Å². The number of imidazole rings is 1. The van der Waals surface area contributed by atoms with Gasteiger partial charge in [-0.3, -0.25) is 4.39 Å². The van der Waals surface area contributed by atoms with Crippen molar-refractivity contribution < 1.29 is 4.39 Å². The molecule has 2 rings (SSSR count). The monoisotopic (exact) mass is 169 g/mol. The smallest absolute Gasteiger partial charge is 0.222 e. The average molecular weight is 169 g/mol. The molecule has 2 heterocycles. The Bertz CT molecular complexity index is 357. The van der Waals surface area contributed by atoms with Gasteiger partial charge in [-0.25, -0.2) is 9.97 Å². The normalized spacial score (nSPS) is 9.17. The first-order chi connectivity index (χ1) is 5.86. The van der Waals surface area contributed by atoms with E-state index in [1.807, 2.05) is 0 Å². The number of H-pyrrole nitrogens is 1. The van der Waals surface area contributed by atoms with E-state index in [1.165, 1.54) is 0 Å². The van der Waals surface area contributed by atoms with Crippen LogP contribution in [-0.4, -0.2) is 27.1 Å². The average Bonchev–Trinajstić information content (AvgIpc) is 2.54. The van der Waals surface area contributed by atoms with E-state index >= 15 is 0 Å². The predicted molar refractivity (Wildman–Crippen MR) is 43.1 cm³/mol. The Hall–Kier alpha value is -1.72. The molecule has 0 amide bonds. The minimum atomic E-state index is 0.250. The number of alkyl halides is 1. The van der Waals surface area contributed by atoms with Crippen LogP contribution in [0.5, 0.6) is 0 Å². The Kier molecular flexibility index (Phi) is 2.52. The van der Waals surface area contributed by atoms with Crippen molar-refractivity contribution in [2.75, 3.05) is 12.9 Å². The molecular formula is C6H8FN5. The van der Waals surface area contributed by atoms with Gasteiger partial charge in [0.15, 0.2) is 5.65 Å². The summed E-state index contributed by atoms with van der Waals surface area (Å²) >= 11 is 0. The fourth-order valence-electron chi connectivity index (χ4n) is 0.749. The summed E-state index contributed by atoms with van der Waals surface area (Å²) < 4.78 is 9.50. The van der Waals surface area contributed by atoms with Crippen molar-refractivity contribution in [1.29, 1.82) is 0 Å². The number of anilines is 1. The second-order valence-corrected chi connectivity index (χ2v) is 1.87. The fourth-order valence-corrected chi connectivity index (χ4v) is 0.749. The van der Waals surface area contributed by atoms with E-state index < -0.39 is 0 Å². The van der Waals surface area contributed by atoms with E-state index in [-0.39, 0.29) is 5.95 Å². The van der Waals surface area contributed by atoms with Crippen molar-refractivity contribution in [3.63, 3.8) is 0 Å². The molecule has 0 aliphatic carbocycles. The second kappa shape index (κ2) is 3.61. The SMILES string of the molecule is CF.Nc1ncc2[nH]cnc2n1. The summed E-state index contributed by atoms with van der Waals surface area (Å²) in [6.07, 6.45) is 3.16. The highest BCUT2D eigenvalue weighted by Crippen LogP contribution is 2.03. The first kappa shape index (κ1) is 8.38. The van der Waals surface area contributed by atoms with Crippen molar-refractivity contribution in [3.05, 3.63) is 12.5 Å². The Morgan fingerprint density at radius 1 is 1.42 bits per heavy atom. The van der Waals surface area contributed by atoms with Crippen molar-refractivity contribution in [3.8, 4) is 0 Å². The van der Waals surface area contributed by atoms with Gasteiger partial charge in [-0.2, -0.15) is 4.98 Å². The van der Waals surface area contributed by atoms with E-state index in [1.54, 1.807) is 12.5 Å². The van der Waals surface area contributed by atoms with Crippen molar-refractivity contribution >= 4 is 17.1 Å². The van der Waals surface area contributed by atoms with Crippen molar-refractivity contribution in [1.82, 2.24) is 19.9 Å². The number of nitrogens with zero attached hydrogens (tertiary/aromatic N) is 3. The number of nitrogen functional groups attached to an aromatic ring is 1. The van der Waals surface area contributed by atoms with Gasteiger partial charge >= 0.3 is 0 Å². The van der Waals surface area contributed by atoms with Crippen LogP contribution in [0.1, 0.15) is 0 Å². The lowest BCUT2D eigenvalue weighted by molar-refractivity contribution is 0.636. The highest BCUT2D eigenvalue weighted by atomic mass is 19.1. The van der Waals surface area contributed by atoms with E-state index in [4.69, 9.17) is 5.73 Å². The molecule has 0 bridgehead atoms. The summed E-state index contributed by atoms with van der Waals surface area (Å²) in [5.74, 6) is 0.250. The maximum Gasteiger partial charge on any atom is 0.222 e. The molecule has 0 saturated heterocycles. The van der Waals surface area contributed by atoms with Gasteiger partial charge in [-0.15, -0.1) is 0 Å². The van der Waals surface area contributed by atoms with Crippen molar-refractivity contribution in [2.24, 2.45) is 0 Å². The lowest BCUT2D eigenvalue weighted by Crippen LogP contribution is -1.93. The molecule has 0 saturated carbocycles. The molecule has 0 atom stereocenters. The van der Waals surface area contributed by atoms with Crippen LogP contribution >= 0.6 is 0 Å². The van der Waals surface area contributed by atoms with Gasteiger partial charge in [-0.1, -0.05) is 0 Å².